The van der Waals surface area contributed by atoms with Crippen molar-refractivity contribution in [1.29, 1.82) is 0 Å². The van der Waals surface area contributed by atoms with Crippen molar-refractivity contribution in [3.8, 4) is 0 Å². The lowest BCUT2D eigenvalue weighted by Gasteiger charge is -2.08. The van der Waals surface area contributed by atoms with Crippen LogP contribution in [0.25, 0.3) is 0 Å². The number of nitrogens with zero attached hydrogens (tertiary/aromatic N) is 3. The van der Waals surface area contributed by atoms with E-state index in [-0.39, 0.29) is 0 Å². The number of hydrogen-bond acceptors (Lipinski definition) is 3. The number of aryl methyl sites for hydroxylation is 2. The Morgan fingerprint density at radius 1 is 1.44 bits per heavy atom. The normalized spacial score (nSPS) is 10.4. The quantitative estimate of drug-likeness (QED) is 0.940. The van der Waals surface area contributed by atoms with Crippen LogP contribution in [-0.4, -0.2) is 15.0 Å². The first kappa shape index (κ1) is 11.1. The van der Waals surface area contributed by atoms with E-state index in [9.17, 15) is 0 Å². The predicted octanol–water partition coefficient (Wildman–Crippen LogP) is 2.50. The van der Waals surface area contributed by atoms with Gasteiger partial charge in [0.1, 0.15) is 5.69 Å². The van der Waals surface area contributed by atoms with Crippen LogP contribution >= 0.6 is 15.9 Å². The molecule has 0 aliphatic heterocycles. The molecule has 0 spiro atoms. The summed E-state index contributed by atoms with van der Waals surface area (Å²) in [5, 5.41) is 11.2. The molecule has 0 fully saturated rings. The molecule has 0 saturated heterocycles. The first-order valence-electron chi connectivity index (χ1n) is 5.00. The second-order valence-electron chi connectivity index (χ2n) is 3.70. The van der Waals surface area contributed by atoms with Gasteiger partial charge in [0.25, 0.3) is 0 Å². The van der Waals surface area contributed by atoms with Gasteiger partial charge in [0, 0.05) is 23.4 Å². The lowest BCUT2D eigenvalue weighted by atomic mass is 10.2. The molecule has 5 heteroatoms. The van der Waals surface area contributed by atoms with Crippen molar-refractivity contribution in [2.45, 2.75) is 13.5 Å². The second-order valence-corrected chi connectivity index (χ2v) is 4.61. The van der Waals surface area contributed by atoms with Gasteiger partial charge in [0.2, 0.25) is 0 Å². The van der Waals surface area contributed by atoms with Crippen LogP contribution in [0.15, 0.2) is 28.9 Å². The Hall–Kier alpha value is -1.36. The maximum Gasteiger partial charge on any atom is 0.102 e. The summed E-state index contributed by atoms with van der Waals surface area (Å²) in [6, 6.07) is 6.16. The summed E-state index contributed by atoms with van der Waals surface area (Å²) < 4.78 is 2.77. The van der Waals surface area contributed by atoms with E-state index in [1.54, 1.807) is 4.68 Å². The number of aromatic nitrogens is 3. The third-order valence-corrected chi connectivity index (χ3v) is 2.80. The molecule has 4 nitrogen and oxygen atoms in total. The average molecular weight is 281 g/mol. The van der Waals surface area contributed by atoms with Gasteiger partial charge < -0.3 is 5.32 Å². The molecule has 0 aliphatic rings. The van der Waals surface area contributed by atoms with Crippen LogP contribution in [0.2, 0.25) is 0 Å². The van der Waals surface area contributed by atoms with E-state index >= 15 is 0 Å². The van der Waals surface area contributed by atoms with Crippen LogP contribution in [0.4, 0.5) is 5.69 Å². The third kappa shape index (κ3) is 2.61. The Labute approximate surface area is 103 Å². The van der Waals surface area contributed by atoms with Crippen LogP contribution in [0.1, 0.15) is 11.3 Å². The fourth-order valence-corrected chi connectivity index (χ4v) is 1.81. The number of rotatable bonds is 3. The maximum atomic E-state index is 4.02. The van der Waals surface area contributed by atoms with Gasteiger partial charge in [-0.3, -0.25) is 4.68 Å². The Morgan fingerprint density at radius 3 is 2.94 bits per heavy atom. The molecule has 2 rings (SSSR count). The molecule has 1 aromatic heterocycles. The highest BCUT2D eigenvalue weighted by atomic mass is 79.9. The van der Waals surface area contributed by atoms with E-state index in [1.807, 2.05) is 19.3 Å². The molecule has 0 amide bonds. The summed E-state index contributed by atoms with van der Waals surface area (Å²) in [7, 11) is 1.86. The van der Waals surface area contributed by atoms with Crippen molar-refractivity contribution in [1.82, 2.24) is 15.0 Å². The molecule has 2 aromatic rings. The van der Waals surface area contributed by atoms with Gasteiger partial charge in [-0.05, 0) is 24.6 Å². The summed E-state index contributed by atoms with van der Waals surface area (Å²) in [4.78, 5) is 0. The standard InChI is InChI=1S/C11H13BrN4/c1-8-3-4-9(12)5-11(8)13-6-10-7-16(2)15-14-10/h3-5,7,13H,6H2,1-2H3. The van der Waals surface area contributed by atoms with Gasteiger partial charge in [-0.25, -0.2) is 0 Å². The Morgan fingerprint density at radius 2 is 2.25 bits per heavy atom. The highest BCUT2D eigenvalue weighted by Gasteiger charge is 2.01. The summed E-state index contributed by atoms with van der Waals surface area (Å²) in [6.45, 7) is 2.76. The van der Waals surface area contributed by atoms with E-state index in [2.05, 4.69) is 50.6 Å². The van der Waals surface area contributed by atoms with Crippen molar-refractivity contribution in [3.63, 3.8) is 0 Å². The fraction of sp³-hybridized carbons (Fsp3) is 0.273. The Balaban J connectivity index is 2.07. The van der Waals surface area contributed by atoms with E-state index in [0.717, 1.165) is 15.9 Å². The number of hydrogen-bond donors (Lipinski definition) is 1. The van der Waals surface area contributed by atoms with E-state index in [1.165, 1.54) is 5.56 Å². The number of benzene rings is 1. The van der Waals surface area contributed by atoms with Gasteiger partial charge in [-0.15, -0.1) is 5.10 Å². The van der Waals surface area contributed by atoms with Gasteiger partial charge in [0.15, 0.2) is 0 Å². The smallest absolute Gasteiger partial charge is 0.102 e. The molecule has 1 heterocycles. The van der Waals surface area contributed by atoms with E-state index in [0.29, 0.717) is 6.54 Å². The van der Waals surface area contributed by atoms with E-state index < -0.39 is 0 Å². The first-order valence-corrected chi connectivity index (χ1v) is 5.79. The first-order chi connectivity index (χ1) is 7.65. The number of halogens is 1. The highest BCUT2D eigenvalue weighted by molar-refractivity contribution is 9.10. The molecule has 0 saturated carbocycles. The molecule has 84 valence electrons. The summed E-state index contributed by atoms with van der Waals surface area (Å²) >= 11 is 3.45. The topological polar surface area (TPSA) is 42.7 Å². The summed E-state index contributed by atoms with van der Waals surface area (Å²) in [5.41, 5.74) is 3.26. The average Bonchev–Trinajstić information content (AvgIpc) is 2.66. The number of nitrogens with one attached hydrogen (secondary N) is 1. The molecule has 0 unspecified atom stereocenters. The number of anilines is 1. The molecule has 1 N–H and O–H groups in total. The molecule has 0 bridgehead atoms. The zero-order chi connectivity index (χ0) is 11.5. The molecule has 1 aromatic carbocycles. The minimum absolute atomic E-state index is 0.686. The minimum Gasteiger partial charge on any atom is -0.379 e. The van der Waals surface area contributed by atoms with Crippen LogP contribution in [0, 0.1) is 6.92 Å². The summed E-state index contributed by atoms with van der Waals surface area (Å²) in [5.74, 6) is 0. The summed E-state index contributed by atoms with van der Waals surface area (Å²) in [6.07, 6.45) is 1.90. The maximum absolute atomic E-state index is 4.02. The monoisotopic (exact) mass is 280 g/mol. The van der Waals surface area contributed by atoms with Gasteiger partial charge in [-0.2, -0.15) is 0 Å². The molecule has 0 atom stereocenters. The van der Waals surface area contributed by atoms with Crippen molar-refractivity contribution in [3.05, 3.63) is 40.1 Å². The van der Waals surface area contributed by atoms with Gasteiger partial charge in [-0.1, -0.05) is 27.2 Å². The van der Waals surface area contributed by atoms with Crippen LogP contribution in [-0.2, 0) is 13.6 Å². The van der Waals surface area contributed by atoms with Crippen LogP contribution < -0.4 is 5.32 Å². The van der Waals surface area contributed by atoms with E-state index in [4.69, 9.17) is 0 Å². The molecule has 0 aliphatic carbocycles. The SMILES string of the molecule is Cc1ccc(Br)cc1NCc1cn(C)nn1. The lowest BCUT2D eigenvalue weighted by molar-refractivity contribution is 0.713. The van der Waals surface area contributed by atoms with Gasteiger partial charge in [0.05, 0.1) is 6.54 Å². The molecular formula is C11H13BrN4. The predicted molar refractivity (Wildman–Crippen MR) is 67.2 cm³/mol. The van der Waals surface area contributed by atoms with Crippen molar-refractivity contribution >= 4 is 21.6 Å². The third-order valence-electron chi connectivity index (χ3n) is 2.31. The highest BCUT2D eigenvalue weighted by Crippen LogP contribution is 2.20. The van der Waals surface area contributed by atoms with Crippen molar-refractivity contribution < 1.29 is 0 Å². The van der Waals surface area contributed by atoms with Crippen molar-refractivity contribution in [2.75, 3.05) is 5.32 Å². The molecule has 0 radical (unpaired) electrons. The van der Waals surface area contributed by atoms with Gasteiger partial charge >= 0.3 is 0 Å². The second kappa shape index (κ2) is 4.65. The lowest BCUT2D eigenvalue weighted by Crippen LogP contribution is -2.01. The minimum atomic E-state index is 0.686. The zero-order valence-electron chi connectivity index (χ0n) is 9.24. The van der Waals surface area contributed by atoms with Crippen LogP contribution in [0.3, 0.4) is 0 Å². The van der Waals surface area contributed by atoms with Crippen molar-refractivity contribution in [2.24, 2.45) is 7.05 Å². The zero-order valence-corrected chi connectivity index (χ0v) is 10.8. The largest absolute Gasteiger partial charge is 0.379 e. The Kier molecular flexibility index (Phi) is 3.24. The fourth-order valence-electron chi connectivity index (χ4n) is 1.45. The Bertz CT molecular complexity index is 492. The molecular weight excluding hydrogens is 268 g/mol. The molecule has 16 heavy (non-hydrogen) atoms. The van der Waals surface area contributed by atoms with Crippen LogP contribution in [0.5, 0.6) is 0 Å².